The zero-order valence-electron chi connectivity index (χ0n) is 11.3. The molecule has 106 valence electrons. The monoisotopic (exact) mass is 279 g/mol. The lowest BCUT2D eigenvalue weighted by Gasteiger charge is -2.15. The first-order chi connectivity index (χ1) is 9.47. The Morgan fingerprint density at radius 1 is 1.40 bits per heavy atom. The summed E-state index contributed by atoms with van der Waals surface area (Å²) in [6, 6.07) is 2.96. The number of aromatic nitrogens is 2. The number of imidazole rings is 1. The SMILES string of the molecule is CN(CC(=O)c1ccc(F)cc1F)Cc1nccn1C. The van der Waals surface area contributed by atoms with Crippen molar-refractivity contribution in [1.82, 2.24) is 14.5 Å². The normalized spacial score (nSPS) is 11.1. The summed E-state index contributed by atoms with van der Waals surface area (Å²) in [6.07, 6.45) is 3.48. The highest BCUT2D eigenvalue weighted by molar-refractivity contribution is 5.97. The average Bonchev–Trinajstić information content (AvgIpc) is 2.74. The molecule has 6 heteroatoms. The average molecular weight is 279 g/mol. The molecule has 0 spiro atoms. The molecule has 0 saturated heterocycles. The molecule has 0 bridgehead atoms. The molecule has 0 saturated carbocycles. The van der Waals surface area contributed by atoms with Crippen molar-refractivity contribution in [2.45, 2.75) is 6.54 Å². The number of rotatable bonds is 5. The molecule has 1 heterocycles. The molecular formula is C14H15F2N3O. The van der Waals surface area contributed by atoms with Gasteiger partial charge >= 0.3 is 0 Å². The molecule has 20 heavy (non-hydrogen) atoms. The molecule has 2 aromatic rings. The molecule has 0 atom stereocenters. The summed E-state index contributed by atoms with van der Waals surface area (Å²) in [5, 5.41) is 0. The van der Waals surface area contributed by atoms with Gasteiger partial charge in [-0.3, -0.25) is 9.69 Å². The molecule has 0 unspecified atom stereocenters. The zero-order valence-corrected chi connectivity index (χ0v) is 11.3. The van der Waals surface area contributed by atoms with Gasteiger partial charge in [-0.15, -0.1) is 0 Å². The third kappa shape index (κ3) is 3.27. The van der Waals surface area contributed by atoms with Gasteiger partial charge in [0.15, 0.2) is 5.78 Å². The van der Waals surface area contributed by atoms with E-state index in [1.165, 1.54) is 6.07 Å². The molecule has 1 aromatic carbocycles. The quantitative estimate of drug-likeness (QED) is 0.786. The highest BCUT2D eigenvalue weighted by Crippen LogP contribution is 2.11. The second kappa shape index (κ2) is 5.92. The van der Waals surface area contributed by atoms with Crippen LogP contribution < -0.4 is 0 Å². The number of carbonyl (C=O) groups is 1. The predicted molar refractivity (Wildman–Crippen MR) is 70.2 cm³/mol. The van der Waals surface area contributed by atoms with Crippen LogP contribution >= 0.6 is 0 Å². The number of nitrogens with zero attached hydrogens (tertiary/aromatic N) is 3. The number of likely N-dealkylation sites (N-methyl/N-ethyl adjacent to an activating group) is 1. The largest absolute Gasteiger partial charge is 0.337 e. The van der Waals surface area contributed by atoms with E-state index in [1.54, 1.807) is 18.1 Å². The lowest BCUT2D eigenvalue weighted by Crippen LogP contribution is -2.27. The Kier molecular flexibility index (Phi) is 4.24. The lowest BCUT2D eigenvalue weighted by molar-refractivity contribution is 0.0937. The summed E-state index contributed by atoms with van der Waals surface area (Å²) in [7, 11) is 3.60. The summed E-state index contributed by atoms with van der Waals surface area (Å²) >= 11 is 0. The van der Waals surface area contributed by atoms with Crippen LogP contribution in [0.5, 0.6) is 0 Å². The molecule has 0 aliphatic heterocycles. The third-order valence-electron chi connectivity index (χ3n) is 2.98. The first-order valence-corrected chi connectivity index (χ1v) is 6.10. The summed E-state index contributed by atoms with van der Waals surface area (Å²) in [5.41, 5.74) is -0.0990. The van der Waals surface area contributed by atoms with E-state index in [0.717, 1.165) is 11.9 Å². The van der Waals surface area contributed by atoms with Crippen molar-refractivity contribution < 1.29 is 13.6 Å². The van der Waals surface area contributed by atoms with Gasteiger partial charge in [-0.05, 0) is 19.2 Å². The molecule has 0 radical (unpaired) electrons. The first kappa shape index (κ1) is 14.3. The van der Waals surface area contributed by atoms with E-state index in [9.17, 15) is 13.6 Å². The minimum Gasteiger partial charge on any atom is -0.337 e. The fourth-order valence-corrected chi connectivity index (χ4v) is 1.89. The van der Waals surface area contributed by atoms with Gasteiger partial charge in [0.05, 0.1) is 18.7 Å². The van der Waals surface area contributed by atoms with Gasteiger partial charge in [0.1, 0.15) is 17.5 Å². The van der Waals surface area contributed by atoms with Crippen molar-refractivity contribution in [3.05, 3.63) is 53.6 Å². The Hall–Kier alpha value is -2.08. The Bertz CT molecular complexity index is 625. The van der Waals surface area contributed by atoms with Crippen molar-refractivity contribution >= 4 is 5.78 Å². The third-order valence-corrected chi connectivity index (χ3v) is 2.98. The van der Waals surface area contributed by atoms with E-state index >= 15 is 0 Å². The van der Waals surface area contributed by atoms with E-state index in [0.29, 0.717) is 12.6 Å². The number of ketones is 1. The predicted octanol–water partition coefficient (Wildman–Crippen LogP) is 2.01. The molecule has 0 N–H and O–H groups in total. The second-order valence-electron chi connectivity index (χ2n) is 4.67. The molecule has 1 aromatic heterocycles. The number of hydrogen-bond donors (Lipinski definition) is 0. The topological polar surface area (TPSA) is 38.1 Å². The van der Waals surface area contributed by atoms with Crippen LogP contribution in [0.2, 0.25) is 0 Å². The van der Waals surface area contributed by atoms with Gasteiger partial charge in [0.25, 0.3) is 0 Å². The van der Waals surface area contributed by atoms with Gasteiger partial charge in [0, 0.05) is 25.5 Å². The molecule has 4 nitrogen and oxygen atoms in total. The van der Waals surface area contributed by atoms with Crippen LogP contribution in [-0.4, -0.2) is 33.8 Å². The smallest absolute Gasteiger partial charge is 0.179 e. The van der Waals surface area contributed by atoms with Crippen molar-refractivity contribution in [2.24, 2.45) is 7.05 Å². The highest BCUT2D eigenvalue weighted by atomic mass is 19.1. The lowest BCUT2D eigenvalue weighted by atomic mass is 10.1. The van der Waals surface area contributed by atoms with Crippen LogP contribution in [0.1, 0.15) is 16.2 Å². The number of hydrogen-bond acceptors (Lipinski definition) is 3. The summed E-state index contributed by atoms with van der Waals surface area (Å²) < 4.78 is 28.1. The van der Waals surface area contributed by atoms with Crippen molar-refractivity contribution in [1.29, 1.82) is 0 Å². The van der Waals surface area contributed by atoms with Crippen LogP contribution in [-0.2, 0) is 13.6 Å². The standard InChI is InChI=1S/C14H15F2N3O/c1-18(9-14-17-5-6-19(14)2)8-13(20)11-4-3-10(15)7-12(11)16/h3-7H,8-9H2,1-2H3. The Morgan fingerprint density at radius 2 is 2.15 bits per heavy atom. The van der Waals surface area contributed by atoms with Gasteiger partial charge < -0.3 is 4.57 Å². The van der Waals surface area contributed by atoms with Crippen molar-refractivity contribution in [3.63, 3.8) is 0 Å². The maximum atomic E-state index is 13.5. The van der Waals surface area contributed by atoms with Crippen LogP contribution in [0, 0.1) is 11.6 Å². The first-order valence-electron chi connectivity index (χ1n) is 6.10. The summed E-state index contributed by atoms with van der Waals surface area (Å²) in [5.74, 6) is -1.11. The zero-order chi connectivity index (χ0) is 14.7. The molecule has 0 aliphatic carbocycles. The van der Waals surface area contributed by atoms with Crippen LogP contribution in [0.15, 0.2) is 30.6 Å². The van der Waals surface area contributed by atoms with Crippen molar-refractivity contribution in [2.75, 3.05) is 13.6 Å². The highest BCUT2D eigenvalue weighted by Gasteiger charge is 2.15. The number of benzene rings is 1. The fourth-order valence-electron chi connectivity index (χ4n) is 1.89. The minimum absolute atomic E-state index is 0.0371. The van der Waals surface area contributed by atoms with E-state index in [4.69, 9.17) is 0 Å². The second-order valence-corrected chi connectivity index (χ2v) is 4.67. The minimum atomic E-state index is -0.833. The van der Waals surface area contributed by atoms with Crippen LogP contribution in [0.3, 0.4) is 0 Å². The fraction of sp³-hybridized carbons (Fsp3) is 0.286. The Morgan fingerprint density at radius 3 is 2.75 bits per heavy atom. The molecule has 2 rings (SSSR count). The van der Waals surface area contributed by atoms with Crippen LogP contribution in [0.4, 0.5) is 8.78 Å². The van der Waals surface area contributed by atoms with E-state index in [-0.39, 0.29) is 17.9 Å². The number of carbonyl (C=O) groups excluding carboxylic acids is 1. The van der Waals surface area contributed by atoms with E-state index < -0.39 is 11.6 Å². The van der Waals surface area contributed by atoms with Gasteiger partial charge in [-0.1, -0.05) is 0 Å². The van der Waals surface area contributed by atoms with Crippen molar-refractivity contribution in [3.8, 4) is 0 Å². The summed E-state index contributed by atoms with van der Waals surface area (Å²) in [4.78, 5) is 17.9. The number of halogens is 2. The van der Waals surface area contributed by atoms with Crippen LogP contribution in [0.25, 0.3) is 0 Å². The molecular weight excluding hydrogens is 264 g/mol. The molecule has 0 fully saturated rings. The Labute approximate surface area is 115 Å². The number of Topliss-reactive ketones (excluding diaryl/α,β-unsaturated/α-hetero) is 1. The van der Waals surface area contributed by atoms with E-state index in [2.05, 4.69) is 4.98 Å². The van der Waals surface area contributed by atoms with E-state index in [1.807, 2.05) is 17.8 Å². The van der Waals surface area contributed by atoms with Gasteiger partial charge in [0.2, 0.25) is 0 Å². The van der Waals surface area contributed by atoms with Gasteiger partial charge in [-0.25, -0.2) is 13.8 Å². The maximum absolute atomic E-state index is 13.5. The Balaban J connectivity index is 2.02. The molecule has 0 aliphatic rings. The number of aryl methyl sites for hydroxylation is 1. The maximum Gasteiger partial charge on any atom is 0.179 e. The van der Waals surface area contributed by atoms with Gasteiger partial charge in [-0.2, -0.15) is 0 Å². The summed E-state index contributed by atoms with van der Waals surface area (Å²) in [6.45, 7) is 0.507. The molecule has 0 amide bonds.